The van der Waals surface area contributed by atoms with Gasteiger partial charge in [0.25, 0.3) is 0 Å². The van der Waals surface area contributed by atoms with Gasteiger partial charge < -0.3 is 24.8 Å². The lowest BCUT2D eigenvalue weighted by molar-refractivity contribution is -0.132. The van der Waals surface area contributed by atoms with Crippen molar-refractivity contribution in [1.82, 2.24) is 19.8 Å². The van der Waals surface area contributed by atoms with Crippen LogP contribution in [0.5, 0.6) is 5.75 Å². The second-order valence-corrected chi connectivity index (χ2v) is 10.2. The zero-order valence-corrected chi connectivity index (χ0v) is 22.1. The molecule has 3 aromatic rings. The molecule has 200 valence electrons. The zero-order chi connectivity index (χ0) is 27.0. The van der Waals surface area contributed by atoms with Crippen LogP contribution in [0.3, 0.4) is 0 Å². The van der Waals surface area contributed by atoms with Gasteiger partial charge in [-0.15, -0.1) is 0 Å². The molecule has 10 heteroatoms. The summed E-state index contributed by atoms with van der Waals surface area (Å²) in [6.07, 6.45) is 1.87. The third-order valence-electron chi connectivity index (χ3n) is 6.83. The highest BCUT2D eigenvalue weighted by atomic mass is 19.1. The quantitative estimate of drug-likeness (QED) is 0.520. The van der Waals surface area contributed by atoms with Crippen molar-refractivity contribution >= 4 is 23.2 Å². The van der Waals surface area contributed by atoms with E-state index in [4.69, 9.17) is 4.74 Å². The van der Waals surface area contributed by atoms with E-state index >= 15 is 0 Å². The first-order valence-corrected chi connectivity index (χ1v) is 12.8. The van der Waals surface area contributed by atoms with Crippen molar-refractivity contribution in [3.05, 3.63) is 59.3 Å². The Morgan fingerprint density at radius 1 is 1.13 bits per heavy atom. The molecule has 2 aliphatic heterocycles. The Morgan fingerprint density at radius 2 is 1.95 bits per heavy atom. The Hall–Kier alpha value is -3.79. The van der Waals surface area contributed by atoms with Gasteiger partial charge in [-0.1, -0.05) is 6.07 Å². The highest BCUT2D eigenvalue weighted by Crippen LogP contribution is 2.39. The number of rotatable bonds is 6. The van der Waals surface area contributed by atoms with Crippen LogP contribution in [0.15, 0.2) is 36.5 Å². The molecule has 5 rings (SSSR count). The number of carbonyl (C=O) groups is 1. The number of benzene rings is 2. The van der Waals surface area contributed by atoms with Crippen LogP contribution in [0, 0.1) is 11.6 Å². The van der Waals surface area contributed by atoms with Gasteiger partial charge in [0.05, 0.1) is 25.0 Å². The van der Waals surface area contributed by atoms with E-state index in [1.54, 1.807) is 6.07 Å². The number of ether oxygens (including phenoxy) is 1. The van der Waals surface area contributed by atoms with E-state index in [9.17, 15) is 13.6 Å². The highest BCUT2D eigenvalue weighted by molar-refractivity contribution is 5.78. The Bertz CT molecular complexity index is 1360. The maximum atomic E-state index is 15.0. The van der Waals surface area contributed by atoms with Gasteiger partial charge in [-0.25, -0.2) is 18.7 Å². The molecule has 0 bridgehead atoms. The van der Waals surface area contributed by atoms with E-state index in [1.165, 1.54) is 11.6 Å². The van der Waals surface area contributed by atoms with Crippen molar-refractivity contribution < 1.29 is 18.3 Å². The van der Waals surface area contributed by atoms with E-state index in [2.05, 4.69) is 15.3 Å². The van der Waals surface area contributed by atoms with Gasteiger partial charge in [-0.05, 0) is 69.8 Å². The van der Waals surface area contributed by atoms with Crippen molar-refractivity contribution in [2.24, 2.45) is 0 Å². The highest BCUT2D eigenvalue weighted by Gasteiger charge is 2.26. The van der Waals surface area contributed by atoms with Gasteiger partial charge in [0.15, 0.2) is 17.4 Å². The fourth-order valence-corrected chi connectivity index (χ4v) is 4.95. The molecule has 0 aliphatic carbocycles. The predicted octanol–water partition coefficient (Wildman–Crippen LogP) is 4.22. The summed E-state index contributed by atoms with van der Waals surface area (Å²) in [4.78, 5) is 26.8. The Kier molecular flexibility index (Phi) is 7.16. The molecule has 1 N–H and O–H groups in total. The average Bonchev–Trinajstić information content (AvgIpc) is 2.88. The number of hydrogen-bond acceptors (Lipinski definition) is 7. The normalized spacial score (nSPS) is 14.8. The van der Waals surface area contributed by atoms with E-state index < -0.39 is 11.6 Å². The molecular formula is C28H32F2N6O2. The summed E-state index contributed by atoms with van der Waals surface area (Å²) in [5, 5.41) is 3.14. The van der Waals surface area contributed by atoms with Gasteiger partial charge in [-0.2, -0.15) is 0 Å². The molecule has 0 spiro atoms. The summed E-state index contributed by atoms with van der Waals surface area (Å²) < 4.78 is 35.4. The molecule has 0 radical (unpaired) electrons. The lowest BCUT2D eigenvalue weighted by atomic mass is 9.99. The van der Waals surface area contributed by atoms with Crippen molar-refractivity contribution in [1.29, 1.82) is 0 Å². The van der Waals surface area contributed by atoms with Crippen LogP contribution >= 0.6 is 0 Å². The first kappa shape index (κ1) is 25.8. The van der Waals surface area contributed by atoms with Crippen LogP contribution in [0.25, 0.3) is 11.3 Å². The predicted molar refractivity (Wildman–Crippen MR) is 143 cm³/mol. The smallest absolute Gasteiger partial charge is 0.237 e. The molecule has 0 saturated heterocycles. The SMILES string of the molecule is CC(C)N1CCOc2c(F)cc(-c3nc(Nc4ccc5c(c4)CN(C(=O)CN(C)C)CC5)ncc3F)cc21. The van der Waals surface area contributed by atoms with E-state index in [0.29, 0.717) is 44.0 Å². The number of nitrogens with one attached hydrogen (secondary N) is 1. The zero-order valence-electron chi connectivity index (χ0n) is 22.1. The van der Waals surface area contributed by atoms with Crippen LogP contribution in [-0.2, 0) is 17.8 Å². The van der Waals surface area contributed by atoms with Crippen LogP contribution in [-0.4, -0.2) is 72.1 Å². The molecule has 2 aliphatic rings. The molecule has 0 fully saturated rings. The second kappa shape index (κ2) is 10.5. The summed E-state index contributed by atoms with van der Waals surface area (Å²) >= 11 is 0. The molecule has 0 saturated carbocycles. The number of amides is 1. The molecule has 1 aromatic heterocycles. The van der Waals surface area contributed by atoms with Crippen LogP contribution in [0.2, 0.25) is 0 Å². The van der Waals surface area contributed by atoms with Crippen LogP contribution in [0.1, 0.15) is 25.0 Å². The van der Waals surface area contributed by atoms with E-state index in [-0.39, 0.29) is 29.3 Å². The minimum Gasteiger partial charge on any atom is -0.486 e. The van der Waals surface area contributed by atoms with Crippen molar-refractivity contribution in [2.75, 3.05) is 50.6 Å². The molecule has 3 heterocycles. The van der Waals surface area contributed by atoms with Gasteiger partial charge >= 0.3 is 0 Å². The van der Waals surface area contributed by atoms with Crippen molar-refractivity contribution in [3.8, 4) is 17.0 Å². The fourth-order valence-electron chi connectivity index (χ4n) is 4.95. The van der Waals surface area contributed by atoms with Gasteiger partial charge in [-0.3, -0.25) is 4.79 Å². The molecule has 2 aromatic carbocycles. The molecule has 1 amide bonds. The Labute approximate surface area is 221 Å². The topological polar surface area (TPSA) is 73.8 Å². The van der Waals surface area contributed by atoms with Gasteiger partial charge in [0.2, 0.25) is 11.9 Å². The van der Waals surface area contributed by atoms with Gasteiger partial charge in [0.1, 0.15) is 12.3 Å². The summed E-state index contributed by atoms with van der Waals surface area (Å²) in [6, 6.07) is 8.99. The molecule has 8 nitrogen and oxygen atoms in total. The third-order valence-corrected chi connectivity index (χ3v) is 6.83. The number of anilines is 3. The standard InChI is InChI=1S/C28H32F2N6O2/c1-17(2)36-9-10-38-27-22(29)12-19(13-24(27)36)26-23(30)14-31-28(33-26)32-21-6-5-18-7-8-35(15-20(18)11-21)25(37)16-34(3)4/h5-6,11-14,17H,7-10,15-16H2,1-4H3,(H,31,32,33). The summed E-state index contributed by atoms with van der Waals surface area (Å²) in [5.41, 5.74) is 3.83. The summed E-state index contributed by atoms with van der Waals surface area (Å²) in [6.45, 7) is 6.61. The molecule has 38 heavy (non-hydrogen) atoms. The summed E-state index contributed by atoms with van der Waals surface area (Å²) in [7, 11) is 3.75. The first-order chi connectivity index (χ1) is 18.2. The number of aromatic nitrogens is 2. The number of carbonyl (C=O) groups excluding carboxylic acids is 1. The van der Waals surface area contributed by atoms with Crippen molar-refractivity contribution in [3.63, 3.8) is 0 Å². The number of halogens is 2. The minimum absolute atomic E-state index is 0.00287. The van der Waals surface area contributed by atoms with Gasteiger partial charge in [0, 0.05) is 30.4 Å². The number of nitrogens with zero attached hydrogens (tertiary/aromatic N) is 5. The van der Waals surface area contributed by atoms with Crippen molar-refractivity contribution in [2.45, 2.75) is 32.9 Å². The summed E-state index contributed by atoms with van der Waals surface area (Å²) in [5.74, 6) is -0.757. The first-order valence-electron chi connectivity index (χ1n) is 12.8. The molecule has 0 unspecified atom stereocenters. The molecule has 0 atom stereocenters. The maximum absolute atomic E-state index is 15.0. The third kappa shape index (κ3) is 5.26. The fraction of sp³-hybridized carbons (Fsp3) is 0.393. The second-order valence-electron chi connectivity index (χ2n) is 10.2. The monoisotopic (exact) mass is 522 g/mol. The van der Waals surface area contributed by atoms with E-state index in [0.717, 1.165) is 23.9 Å². The largest absolute Gasteiger partial charge is 0.486 e. The van der Waals surface area contributed by atoms with E-state index in [1.807, 2.05) is 60.8 Å². The average molecular weight is 523 g/mol. The Morgan fingerprint density at radius 3 is 2.71 bits per heavy atom. The lowest BCUT2D eigenvalue weighted by Crippen LogP contribution is -2.40. The van der Waals surface area contributed by atoms with Crippen LogP contribution in [0.4, 0.5) is 26.1 Å². The van der Waals surface area contributed by atoms with Crippen LogP contribution < -0.4 is 15.0 Å². The molecular weight excluding hydrogens is 490 g/mol. The lowest BCUT2D eigenvalue weighted by Gasteiger charge is -2.34. The minimum atomic E-state index is -0.650. The Balaban J connectivity index is 1.41. The maximum Gasteiger partial charge on any atom is 0.237 e. The number of fused-ring (bicyclic) bond motifs is 2. The number of hydrogen-bond donors (Lipinski definition) is 1. The number of likely N-dealkylation sites (N-methyl/N-ethyl adjacent to an activating group) is 1.